The number of aliphatic hydroxyl groups is 3. The van der Waals surface area contributed by atoms with Gasteiger partial charge in [-0.2, -0.15) is 0 Å². The molecular weight excluding hydrogens is 244 g/mol. The van der Waals surface area contributed by atoms with Gasteiger partial charge in [0, 0.05) is 12.8 Å². The van der Waals surface area contributed by atoms with Crippen LogP contribution in [0.2, 0.25) is 0 Å². The molecular formula is C15H22O4. The predicted molar refractivity (Wildman–Crippen MR) is 72.3 cm³/mol. The van der Waals surface area contributed by atoms with Crippen molar-refractivity contribution in [3.8, 4) is 12.3 Å². The Labute approximate surface area is 114 Å². The molecule has 0 amide bonds. The zero-order valence-corrected chi connectivity index (χ0v) is 11.1. The summed E-state index contributed by atoms with van der Waals surface area (Å²) < 4.78 is 0. The fourth-order valence-electron chi connectivity index (χ4n) is 2.32. The quantitative estimate of drug-likeness (QED) is 0.380. The van der Waals surface area contributed by atoms with Crippen LogP contribution >= 0.6 is 0 Å². The topological polar surface area (TPSA) is 77.8 Å². The molecule has 1 saturated carbocycles. The zero-order chi connectivity index (χ0) is 14.3. The average molecular weight is 266 g/mol. The van der Waals surface area contributed by atoms with Gasteiger partial charge in [0.15, 0.2) is 11.4 Å². The summed E-state index contributed by atoms with van der Waals surface area (Å²) in [6, 6.07) is 0. The molecule has 0 aliphatic heterocycles. The van der Waals surface area contributed by atoms with Crippen molar-refractivity contribution in [1.29, 1.82) is 0 Å². The van der Waals surface area contributed by atoms with Crippen LogP contribution in [-0.4, -0.2) is 38.9 Å². The van der Waals surface area contributed by atoms with Crippen LogP contribution in [0, 0.1) is 12.3 Å². The Hall–Kier alpha value is -1.15. The van der Waals surface area contributed by atoms with E-state index in [2.05, 4.69) is 5.92 Å². The van der Waals surface area contributed by atoms with Crippen LogP contribution in [0.1, 0.15) is 44.9 Å². The van der Waals surface area contributed by atoms with Gasteiger partial charge in [-0.15, -0.1) is 12.3 Å². The molecule has 0 saturated heterocycles. The van der Waals surface area contributed by atoms with Crippen LogP contribution in [0.3, 0.4) is 0 Å². The van der Waals surface area contributed by atoms with E-state index in [1.54, 1.807) is 0 Å². The molecule has 4 nitrogen and oxygen atoms in total. The highest BCUT2D eigenvalue weighted by Gasteiger charge is 2.48. The second-order valence-corrected chi connectivity index (χ2v) is 5.00. The first-order valence-electron chi connectivity index (χ1n) is 6.72. The van der Waals surface area contributed by atoms with Crippen LogP contribution in [0.15, 0.2) is 12.2 Å². The van der Waals surface area contributed by atoms with E-state index in [0.717, 1.165) is 6.42 Å². The van der Waals surface area contributed by atoms with Gasteiger partial charge in [-0.05, 0) is 32.1 Å². The minimum Gasteiger partial charge on any atom is -0.390 e. The number of carbonyl (C=O) groups excluding carboxylic acids is 1. The van der Waals surface area contributed by atoms with Crippen LogP contribution in [0.4, 0.5) is 0 Å². The Morgan fingerprint density at radius 2 is 2.05 bits per heavy atom. The van der Waals surface area contributed by atoms with E-state index in [1.165, 1.54) is 0 Å². The molecule has 19 heavy (non-hydrogen) atoms. The third-order valence-electron chi connectivity index (χ3n) is 3.55. The third kappa shape index (κ3) is 4.17. The second-order valence-electron chi connectivity index (χ2n) is 5.00. The largest absolute Gasteiger partial charge is 0.390 e. The summed E-state index contributed by atoms with van der Waals surface area (Å²) in [7, 11) is 0. The second kappa shape index (κ2) is 7.44. The molecule has 4 heteroatoms. The fourth-order valence-corrected chi connectivity index (χ4v) is 2.32. The van der Waals surface area contributed by atoms with E-state index in [9.17, 15) is 20.1 Å². The Morgan fingerprint density at radius 1 is 1.37 bits per heavy atom. The van der Waals surface area contributed by atoms with Gasteiger partial charge in [-0.1, -0.05) is 12.2 Å². The normalized spacial score (nSPS) is 31.6. The smallest absolute Gasteiger partial charge is 0.167 e. The highest BCUT2D eigenvalue weighted by Crippen LogP contribution is 2.30. The van der Waals surface area contributed by atoms with E-state index >= 15 is 0 Å². The summed E-state index contributed by atoms with van der Waals surface area (Å²) in [5.41, 5.74) is -1.79. The summed E-state index contributed by atoms with van der Waals surface area (Å²) in [5.74, 6) is 2.16. The number of ketones is 1. The van der Waals surface area contributed by atoms with E-state index in [1.807, 2.05) is 12.2 Å². The summed E-state index contributed by atoms with van der Waals surface area (Å²) >= 11 is 0. The fraction of sp³-hybridized carbons (Fsp3) is 0.667. The van der Waals surface area contributed by atoms with Crippen LogP contribution in [0.5, 0.6) is 0 Å². The highest BCUT2D eigenvalue weighted by atomic mass is 16.4. The lowest BCUT2D eigenvalue weighted by Gasteiger charge is -2.38. The predicted octanol–water partition coefficient (Wildman–Crippen LogP) is 0.942. The standard InChI is InChI=1S/C15H22O4/c1-2-3-4-5-6-7-8-11-15(19)13(17)10-9-12(16)14(15)18/h1,5-6,12,14,16,18-19H,3-4,7-11H2/b6-5-/t12-,14+,15-/m0/s1. The molecule has 1 fully saturated rings. The van der Waals surface area contributed by atoms with Crippen molar-refractivity contribution in [3.63, 3.8) is 0 Å². The number of Topliss-reactive ketones (excluding diaryl/α,β-unsaturated/α-hetero) is 1. The van der Waals surface area contributed by atoms with E-state index in [4.69, 9.17) is 6.42 Å². The molecule has 1 rings (SSSR count). The van der Waals surface area contributed by atoms with Crippen molar-refractivity contribution in [1.82, 2.24) is 0 Å². The van der Waals surface area contributed by atoms with Gasteiger partial charge in [0.2, 0.25) is 0 Å². The van der Waals surface area contributed by atoms with Gasteiger partial charge >= 0.3 is 0 Å². The SMILES string of the molecule is C#CCC/C=C\CCC[C@]1(O)C(=O)CC[C@H](O)[C@H]1O. The van der Waals surface area contributed by atoms with Gasteiger partial charge < -0.3 is 15.3 Å². The van der Waals surface area contributed by atoms with E-state index in [-0.39, 0.29) is 25.0 Å². The molecule has 0 unspecified atom stereocenters. The summed E-state index contributed by atoms with van der Waals surface area (Å²) in [4.78, 5) is 11.7. The molecule has 0 bridgehead atoms. The number of unbranched alkanes of at least 4 members (excludes halogenated alkanes) is 2. The molecule has 0 aromatic heterocycles. The lowest BCUT2D eigenvalue weighted by molar-refractivity contribution is -0.174. The van der Waals surface area contributed by atoms with Gasteiger partial charge in [-0.25, -0.2) is 0 Å². The van der Waals surface area contributed by atoms with E-state index in [0.29, 0.717) is 19.3 Å². The number of aliphatic hydroxyl groups excluding tert-OH is 2. The zero-order valence-electron chi connectivity index (χ0n) is 11.1. The molecule has 1 aliphatic rings. The number of carbonyl (C=O) groups is 1. The van der Waals surface area contributed by atoms with Gasteiger partial charge in [-0.3, -0.25) is 4.79 Å². The maximum absolute atomic E-state index is 11.7. The molecule has 0 spiro atoms. The third-order valence-corrected chi connectivity index (χ3v) is 3.55. The van der Waals surface area contributed by atoms with Gasteiger partial charge in [0.1, 0.15) is 6.10 Å². The number of allylic oxidation sites excluding steroid dienone is 2. The van der Waals surface area contributed by atoms with E-state index < -0.39 is 17.8 Å². The molecule has 0 aromatic rings. The van der Waals surface area contributed by atoms with Crippen LogP contribution in [0.25, 0.3) is 0 Å². The van der Waals surface area contributed by atoms with Crippen molar-refractivity contribution in [2.45, 2.75) is 62.8 Å². The van der Waals surface area contributed by atoms with Crippen molar-refractivity contribution in [3.05, 3.63) is 12.2 Å². The summed E-state index contributed by atoms with van der Waals surface area (Å²) in [6.07, 6.45) is 9.97. The Kier molecular flexibility index (Phi) is 6.23. The first-order valence-corrected chi connectivity index (χ1v) is 6.72. The maximum Gasteiger partial charge on any atom is 0.167 e. The minimum atomic E-state index is -1.79. The van der Waals surface area contributed by atoms with Gasteiger partial charge in [0.25, 0.3) is 0 Å². The maximum atomic E-state index is 11.7. The monoisotopic (exact) mass is 266 g/mol. The molecule has 3 atom stereocenters. The minimum absolute atomic E-state index is 0.118. The molecule has 3 N–H and O–H groups in total. The Bertz CT molecular complexity index is 369. The Morgan fingerprint density at radius 3 is 2.74 bits per heavy atom. The van der Waals surface area contributed by atoms with Crippen LogP contribution < -0.4 is 0 Å². The number of rotatable bonds is 6. The lowest BCUT2D eigenvalue weighted by Crippen LogP contribution is -2.58. The number of terminal acetylenes is 1. The first kappa shape index (κ1) is 15.9. The summed E-state index contributed by atoms with van der Waals surface area (Å²) in [5, 5.41) is 29.5. The molecule has 0 heterocycles. The average Bonchev–Trinajstić information content (AvgIpc) is 2.40. The lowest BCUT2D eigenvalue weighted by atomic mass is 9.76. The Balaban J connectivity index is 2.39. The number of hydrogen-bond acceptors (Lipinski definition) is 4. The highest BCUT2D eigenvalue weighted by molar-refractivity contribution is 5.88. The van der Waals surface area contributed by atoms with Crippen molar-refractivity contribution < 1.29 is 20.1 Å². The van der Waals surface area contributed by atoms with Crippen LogP contribution in [-0.2, 0) is 4.79 Å². The molecule has 1 aliphatic carbocycles. The molecule has 0 radical (unpaired) electrons. The first-order chi connectivity index (χ1) is 9.02. The van der Waals surface area contributed by atoms with Crippen molar-refractivity contribution in [2.24, 2.45) is 0 Å². The van der Waals surface area contributed by atoms with Gasteiger partial charge in [0.05, 0.1) is 6.10 Å². The van der Waals surface area contributed by atoms with Crippen molar-refractivity contribution in [2.75, 3.05) is 0 Å². The summed E-state index contributed by atoms with van der Waals surface area (Å²) in [6.45, 7) is 0. The molecule has 106 valence electrons. The number of hydrogen-bond donors (Lipinski definition) is 3. The van der Waals surface area contributed by atoms with Crippen molar-refractivity contribution >= 4 is 5.78 Å². The molecule has 0 aromatic carbocycles.